The van der Waals surface area contributed by atoms with Crippen LogP contribution in [0.25, 0.3) is 16.2 Å². The Hall–Kier alpha value is -3.04. The van der Waals surface area contributed by atoms with E-state index in [2.05, 4.69) is 15.3 Å². The van der Waals surface area contributed by atoms with Crippen LogP contribution in [0.4, 0.5) is 5.13 Å². The van der Waals surface area contributed by atoms with Crippen LogP contribution in [0.3, 0.4) is 0 Å². The third-order valence-corrected chi connectivity index (χ3v) is 5.51. The second-order valence-corrected chi connectivity index (χ2v) is 7.36. The molecule has 130 valence electrons. The topological polar surface area (TPSA) is 102 Å². The molecule has 0 bridgehead atoms. The van der Waals surface area contributed by atoms with Crippen molar-refractivity contribution in [1.29, 1.82) is 0 Å². The first-order chi connectivity index (χ1) is 12.6. The standard InChI is InChI=1S/C17H13N5O2S2/c18-15(24)13-7-19-16(26-13)21-14(23)6-11-9-25-17-20-12(8-22(11)17)10-4-2-1-3-5-10/h1-5,7-9H,6H2,(H2,18,24)(H,19,21,23). The Labute approximate surface area is 156 Å². The Bertz CT molecular complexity index is 1100. The maximum absolute atomic E-state index is 12.3. The van der Waals surface area contributed by atoms with E-state index in [1.807, 2.05) is 46.3 Å². The van der Waals surface area contributed by atoms with E-state index < -0.39 is 5.91 Å². The Balaban J connectivity index is 1.52. The molecule has 7 nitrogen and oxygen atoms in total. The number of carbonyl (C=O) groups is 2. The molecule has 0 saturated heterocycles. The lowest BCUT2D eigenvalue weighted by Gasteiger charge is -2.01. The summed E-state index contributed by atoms with van der Waals surface area (Å²) in [6.45, 7) is 0. The van der Waals surface area contributed by atoms with Crippen molar-refractivity contribution in [3.8, 4) is 11.3 Å². The van der Waals surface area contributed by atoms with Crippen LogP contribution >= 0.6 is 22.7 Å². The van der Waals surface area contributed by atoms with Crippen LogP contribution in [-0.2, 0) is 11.2 Å². The predicted octanol–water partition coefficient (Wildman–Crippen LogP) is 2.80. The molecule has 0 aliphatic carbocycles. The van der Waals surface area contributed by atoms with E-state index in [-0.39, 0.29) is 12.3 Å². The zero-order valence-electron chi connectivity index (χ0n) is 13.4. The minimum absolute atomic E-state index is 0.177. The monoisotopic (exact) mass is 383 g/mol. The molecule has 4 rings (SSSR count). The van der Waals surface area contributed by atoms with E-state index in [9.17, 15) is 9.59 Å². The van der Waals surface area contributed by atoms with E-state index in [1.165, 1.54) is 17.5 Å². The minimum Gasteiger partial charge on any atom is -0.365 e. The number of primary amides is 1. The molecule has 9 heteroatoms. The first kappa shape index (κ1) is 16.4. The van der Waals surface area contributed by atoms with Crippen LogP contribution < -0.4 is 11.1 Å². The van der Waals surface area contributed by atoms with E-state index in [0.717, 1.165) is 33.2 Å². The van der Waals surface area contributed by atoms with Gasteiger partial charge in [-0.3, -0.25) is 14.0 Å². The Morgan fingerprint density at radius 2 is 2.04 bits per heavy atom. The number of nitrogens with one attached hydrogen (secondary N) is 1. The molecular weight excluding hydrogens is 370 g/mol. The number of nitrogens with zero attached hydrogens (tertiary/aromatic N) is 3. The van der Waals surface area contributed by atoms with Crippen molar-refractivity contribution in [2.24, 2.45) is 5.73 Å². The van der Waals surface area contributed by atoms with Gasteiger partial charge in [0, 0.05) is 22.8 Å². The number of thiazole rings is 2. The number of fused-ring (bicyclic) bond motifs is 1. The second kappa shape index (κ2) is 6.70. The molecular formula is C17H13N5O2S2. The van der Waals surface area contributed by atoms with Crippen LogP contribution in [0.15, 0.2) is 48.1 Å². The normalized spacial score (nSPS) is 10.9. The highest BCUT2D eigenvalue weighted by Crippen LogP contribution is 2.24. The second-order valence-electron chi connectivity index (χ2n) is 5.49. The number of imidazole rings is 1. The predicted molar refractivity (Wildman–Crippen MR) is 101 cm³/mol. The summed E-state index contributed by atoms with van der Waals surface area (Å²) in [4.78, 5) is 33.1. The average Bonchev–Trinajstić information content (AvgIpc) is 3.33. The highest BCUT2D eigenvalue weighted by molar-refractivity contribution is 7.17. The Morgan fingerprint density at radius 1 is 1.23 bits per heavy atom. The first-order valence-corrected chi connectivity index (χ1v) is 9.36. The lowest BCUT2D eigenvalue weighted by molar-refractivity contribution is -0.115. The van der Waals surface area contributed by atoms with Crippen LogP contribution in [0.1, 0.15) is 15.4 Å². The van der Waals surface area contributed by atoms with Gasteiger partial charge >= 0.3 is 0 Å². The lowest BCUT2D eigenvalue weighted by atomic mass is 10.2. The van der Waals surface area contributed by atoms with Crippen LogP contribution in [0.5, 0.6) is 0 Å². The van der Waals surface area contributed by atoms with E-state index in [1.54, 1.807) is 0 Å². The van der Waals surface area contributed by atoms with Gasteiger partial charge in [0.05, 0.1) is 18.3 Å². The quantitative estimate of drug-likeness (QED) is 0.553. The summed E-state index contributed by atoms with van der Waals surface area (Å²) in [5.41, 5.74) is 7.92. The third-order valence-electron chi connectivity index (χ3n) is 3.69. The first-order valence-electron chi connectivity index (χ1n) is 7.66. The average molecular weight is 383 g/mol. The summed E-state index contributed by atoms with van der Waals surface area (Å²) in [5, 5.41) is 4.95. The van der Waals surface area contributed by atoms with Crippen LogP contribution in [0, 0.1) is 0 Å². The van der Waals surface area contributed by atoms with Crippen molar-refractivity contribution >= 4 is 44.6 Å². The largest absolute Gasteiger partial charge is 0.365 e. The van der Waals surface area contributed by atoms with Gasteiger partial charge in [0.15, 0.2) is 10.1 Å². The number of hydrogen-bond acceptors (Lipinski definition) is 6. The molecule has 2 amide bonds. The summed E-state index contributed by atoms with van der Waals surface area (Å²) in [6.07, 6.45) is 3.46. The smallest absolute Gasteiger partial charge is 0.260 e. The summed E-state index contributed by atoms with van der Waals surface area (Å²) in [6, 6.07) is 9.88. The van der Waals surface area contributed by atoms with Crippen molar-refractivity contribution in [3.63, 3.8) is 0 Å². The van der Waals surface area contributed by atoms with Crippen molar-refractivity contribution < 1.29 is 9.59 Å². The molecule has 0 unspecified atom stereocenters. The van der Waals surface area contributed by atoms with Gasteiger partial charge in [-0.25, -0.2) is 9.97 Å². The van der Waals surface area contributed by atoms with Gasteiger partial charge < -0.3 is 11.1 Å². The molecule has 26 heavy (non-hydrogen) atoms. The molecule has 0 spiro atoms. The van der Waals surface area contributed by atoms with Crippen LogP contribution in [0.2, 0.25) is 0 Å². The maximum Gasteiger partial charge on any atom is 0.260 e. The van der Waals surface area contributed by atoms with E-state index >= 15 is 0 Å². The molecule has 0 aliphatic rings. The van der Waals surface area contributed by atoms with Crippen molar-refractivity contribution in [3.05, 3.63) is 58.7 Å². The van der Waals surface area contributed by atoms with E-state index in [4.69, 9.17) is 5.73 Å². The van der Waals surface area contributed by atoms with Crippen molar-refractivity contribution in [1.82, 2.24) is 14.4 Å². The molecule has 3 heterocycles. The van der Waals surface area contributed by atoms with Crippen molar-refractivity contribution in [2.45, 2.75) is 6.42 Å². The summed E-state index contributed by atoms with van der Waals surface area (Å²) < 4.78 is 1.92. The number of carbonyl (C=O) groups excluding carboxylic acids is 2. The van der Waals surface area contributed by atoms with Gasteiger partial charge in [-0.05, 0) is 0 Å². The Kier molecular flexibility index (Phi) is 4.23. The molecule has 0 atom stereocenters. The van der Waals surface area contributed by atoms with Gasteiger partial charge in [0.25, 0.3) is 5.91 Å². The number of benzene rings is 1. The fourth-order valence-corrected chi connectivity index (χ4v) is 4.04. The Morgan fingerprint density at radius 3 is 2.77 bits per heavy atom. The number of amides is 2. The molecule has 4 aromatic rings. The number of nitrogens with two attached hydrogens (primary N) is 1. The number of hydrogen-bond donors (Lipinski definition) is 2. The summed E-state index contributed by atoms with van der Waals surface area (Å²) in [7, 11) is 0. The maximum atomic E-state index is 12.3. The molecule has 0 saturated carbocycles. The zero-order chi connectivity index (χ0) is 18.1. The molecule has 0 radical (unpaired) electrons. The van der Waals surface area contributed by atoms with Gasteiger partial charge in [-0.2, -0.15) is 0 Å². The summed E-state index contributed by atoms with van der Waals surface area (Å²) >= 11 is 2.54. The highest BCUT2D eigenvalue weighted by atomic mass is 32.1. The van der Waals surface area contributed by atoms with Gasteiger partial charge in [0.2, 0.25) is 5.91 Å². The van der Waals surface area contributed by atoms with Gasteiger partial charge in [-0.1, -0.05) is 41.7 Å². The molecule has 1 aromatic carbocycles. The zero-order valence-corrected chi connectivity index (χ0v) is 15.0. The third kappa shape index (κ3) is 3.22. The number of anilines is 1. The molecule has 3 N–H and O–H groups in total. The summed E-state index contributed by atoms with van der Waals surface area (Å²) in [5.74, 6) is -0.778. The fraction of sp³-hybridized carbons (Fsp3) is 0.0588. The number of aromatic nitrogens is 3. The molecule has 0 fully saturated rings. The fourth-order valence-electron chi connectivity index (χ4n) is 2.48. The number of rotatable bonds is 5. The molecule has 3 aromatic heterocycles. The minimum atomic E-state index is -0.561. The van der Waals surface area contributed by atoms with Gasteiger partial charge in [0.1, 0.15) is 4.88 Å². The van der Waals surface area contributed by atoms with Crippen LogP contribution in [-0.4, -0.2) is 26.2 Å². The van der Waals surface area contributed by atoms with E-state index in [0.29, 0.717) is 10.0 Å². The highest BCUT2D eigenvalue weighted by Gasteiger charge is 2.14. The van der Waals surface area contributed by atoms with Gasteiger partial charge in [-0.15, -0.1) is 11.3 Å². The molecule has 0 aliphatic heterocycles. The lowest BCUT2D eigenvalue weighted by Crippen LogP contribution is -2.15. The van der Waals surface area contributed by atoms with Crippen molar-refractivity contribution in [2.75, 3.05) is 5.32 Å². The SMILES string of the molecule is NC(=O)c1cnc(NC(=O)Cc2csc3nc(-c4ccccc4)cn23)s1.